The lowest BCUT2D eigenvalue weighted by Crippen LogP contribution is -2.50. The lowest BCUT2D eigenvalue weighted by Gasteiger charge is -2.33. The zero-order valence-electron chi connectivity index (χ0n) is 16.3. The number of carbonyl (C=O) groups is 2. The average Bonchev–Trinajstić information content (AvgIpc) is 2.66. The second-order valence-corrected chi connectivity index (χ2v) is 7.14. The highest BCUT2D eigenvalue weighted by atomic mass is 16.2. The molecule has 0 bridgehead atoms. The van der Waals surface area contributed by atoms with E-state index in [1.165, 1.54) is 0 Å². The highest BCUT2D eigenvalue weighted by Crippen LogP contribution is 2.29. The minimum atomic E-state index is -0.350. The van der Waals surface area contributed by atoms with Crippen molar-refractivity contribution in [1.82, 2.24) is 4.90 Å². The highest BCUT2D eigenvalue weighted by molar-refractivity contribution is 6.11. The van der Waals surface area contributed by atoms with Crippen LogP contribution >= 0.6 is 0 Å². The molecule has 1 heterocycles. The minimum absolute atomic E-state index is 0.0472. The van der Waals surface area contributed by atoms with Crippen LogP contribution in [-0.4, -0.2) is 50.4 Å². The SMILES string of the molecule is C[C@H](C(=O)N1CC(=O)Nc2ccccc21)N(C)Cc1ccc(N(C)C)cc1. The second kappa shape index (κ2) is 7.80. The molecule has 3 rings (SSSR count). The van der Waals surface area contributed by atoms with Gasteiger partial charge in [0.1, 0.15) is 6.54 Å². The Morgan fingerprint density at radius 3 is 2.44 bits per heavy atom. The summed E-state index contributed by atoms with van der Waals surface area (Å²) in [6, 6.07) is 15.3. The molecule has 0 aromatic heterocycles. The van der Waals surface area contributed by atoms with Gasteiger partial charge in [0.25, 0.3) is 0 Å². The predicted molar refractivity (Wildman–Crippen MR) is 109 cm³/mol. The quantitative estimate of drug-likeness (QED) is 0.884. The Morgan fingerprint density at radius 2 is 1.78 bits per heavy atom. The molecule has 0 aliphatic carbocycles. The Balaban J connectivity index is 1.72. The van der Waals surface area contributed by atoms with Crippen molar-refractivity contribution in [2.45, 2.75) is 19.5 Å². The Kier molecular flexibility index (Phi) is 5.46. The summed E-state index contributed by atoms with van der Waals surface area (Å²) in [6.07, 6.45) is 0. The van der Waals surface area contributed by atoms with Crippen LogP contribution < -0.4 is 15.1 Å². The van der Waals surface area contributed by atoms with E-state index in [1.54, 1.807) is 4.90 Å². The number of carbonyl (C=O) groups excluding carboxylic acids is 2. The third kappa shape index (κ3) is 4.11. The molecule has 2 aromatic rings. The summed E-state index contributed by atoms with van der Waals surface area (Å²) in [5.41, 5.74) is 3.70. The van der Waals surface area contributed by atoms with Crippen LogP contribution in [0.5, 0.6) is 0 Å². The van der Waals surface area contributed by atoms with Crippen molar-refractivity contribution in [1.29, 1.82) is 0 Å². The van der Waals surface area contributed by atoms with Crippen molar-refractivity contribution in [3.8, 4) is 0 Å². The maximum Gasteiger partial charge on any atom is 0.244 e. The van der Waals surface area contributed by atoms with Gasteiger partial charge in [0, 0.05) is 26.3 Å². The second-order valence-electron chi connectivity index (χ2n) is 7.14. The Bertz CT molecular complexity index is 832. The summed E-state index contributed by atoms with van der Waals surface area (Å²) >= 11 is 0. The Morgan fingerprint density at radius 1 is 1.11 bits per heavy atom. The van der Waals surface area contributed by atoms with Gasteiger partial charge in [-0.25, -0.2) is 0 Å². The molecule has 0 saturated heterocycles. The summed E-state index contributed by atoms with van der Waals surface area (Å²) in [7, 11) is 5.95. The van der Waals surface area contributed by atoms with Gasteiger partial charge in [-0.3, -0.25) is 19.4 Å². The van der Waals surface area contributed by atoms with Gasteiger partial charge in [0.15, 0.2) is 0 Å². The minimum Gasteiger partial charge on any atom is -0.378 e. The molecule has 0 unspecified atom stereocenters. The van der Waals surface area contributed by atoms with E-state index in [4.69, 9.17) is 0 Å². The van der Waals surface area contributed by atoms with E-state index in [0.717, 1.165) is 16.9 Å². The zero-order valence-corrected chi connectivity index (χ0v) is 16.3. The molecule has 6 heteroatoms. The third-order valence-corrected chi connectivity index (χ3v) is 4.94. The molecule has 27 heavy (non-hydrogen) atoms. The van der Waals surface area contributed by atoms with Crippen LogP contribution in [0.15, 0.2) is 48.5 Å². The van der Waals surface area contributed by atoms with Crippen molar-refractivity contribution in [3.63, 3.8) is 0 Å². The summed E-state index contributed by atoms with van der Waals surface area (Å²) in [6.45, 7) is 2.58. The van der Waals surface area contributed by atoms with Gasteiger partial charge in [0.05, 0.1) is 17.4 Å². The first-order valence-corrected chi connectivity index (χ1v) is 9.03. The molecule has 0 fully saturated rings. The van der Waals surface area contributed by atoms with Crippen molar-refractivity contribution in [3.05, 3.63) is 54.1 Å². The largest absolute Gasteiger partial charge is 0.378 e. The number of fused-ring (bicyclic) bond motifs is 1. The molecule has 2 amide bonds. The van der Waals surface area contributed by atoms with Crippen LogP contribution in [0.2, 0.25) is 0 Å². The number of benzene rings is 2. The molecule has 1 aliphatic heterocycles. The monoisotopic (exact) mass is 366 g/mol. The molecule has 0 radical (unpaired) electrons. The maximum atomic E-state index is 13.1. The van der Waals surface area contributed by atoms with Crippen molar-refractivity contribution >= 4 is 28.9 Å². The summed E-state index contributed by atoms with van der Waals surface area (Å²) in [5.74, 6) is -0.249. The van der Waals surface area contributed by atoms with Gasteiger partial charge in [-0.15, -0.1) is 0 Å². The van der Waals surface area contributed by atoms with Gasteiger partial charge in [0.2, 0.25) is 11.8 Å². The van der Waals surface area contributed by atoms with E-state index in [9.17, 15) is 9.59 Å². The fourth-order valence-electron chi connectivity index (χ4n) is 3.17. The van der Waals surface area contributed by atoms with Crippen molar-refractivity contribution in [2.75, 3.05) is 42.8 Å². The number of likely N-dealkylation sites (N-methyl/N-ethyl adjacent to an activating group) is 1. The maximum absolute atomic E-state index is 13.1. The number of hydrogen-bond acceptors (Lipinski definition) is 4. The van der Waals surface area contributed by atoms with Crippen molar-refractivity contribution in [2.24, 2.45) is 0 Å². The number of nitrogens with one attached hydrogen (secondary N) is 1. The molecule has 0 saturated carbocycles. The molecule has 1 aliphatic rings. The lowest BCUT2D eigenvalue weighted by molar-refractivity contribution is -0.125. The molecule has 1 atom stereocenters. The van der Waals surface area contributed by atoms with E-state index in [1.807, 2.05) is 57.2 Å². The number of anilines is 3. The molecule has 6 nitrogen and oxygen atoms in total. The van der Waals surface area contributed by atoms with Gasteiger partial charge in [-0.05, 0) is 43.8 Å². The molecule has 0 spiro atoms. The normalized spacial score (nSPS) is 14.6. The van der Waals surface area contributed by atoms with Crippen LogP contribution in [0, 0.1) is 0 Å². The standard InChI is InChI=1S/C21H26N4O2/c1-15(24(4)13-16-9-11-17(12-10-16)23(2)3)21(27)25-14-20(26)22-18-7-5-6-8-19(18)25/h5-12,15H,13-14H2,1-4H3,(H,22,26)/t15-/m1/s1. The van der Waals surface area contributed by atoms with E-state index < -0.39 is 0 Å². The summed E-state index contributed by atoms with van der Waals surface area (Å²) in [5, 5.41) is 2.82. The third-order valence-electron chi connectivity index (χ3n) is 4.94. The Labute approximate surface area is 160 Å². The molecule has 1 N–H and O–H groups in total. The van der Waals surface area contributed by atoms with Gasteiger partial charge < -0.3 is 10.2 Å². The lowest BCUT2D eigenvalue weighted by atomic mass is 10.1. The smallest absolute Gasteiger partial charge is 0.244 e. The van der Waals surface area contributed by atoms with Crippen LogP contribution in [-0.2, 0) is 16.1 Å². The number of hydrogen-bond donors (Lipinski definition) is 1. The number of para-hydroxylation sites is 2. The van der Waals surface area contributed by atoms with E-state index in [-0.39, 0.29) is 24.4 Å². The van der Waals surface area contributed by atoms with Gasteiger partial charge in [-0.2, -0.15) is 0 Å². The fraction of sp³-hybridized carbons (Fsp3) is 0.333. The molecular weight excluding hydrogens is 340 g/mol. The number of nitrogens with zero attached hydrogens (tertiary/aromatic N) is 3. The van der Waals surface area contributed by atoms with E-state index in [0.29, 0.717) is 12.2 Å². The van der Waals surface area contributed by atoms with Crippen LogP contribution in [0.4, 0.5) is 17.1 Å². The number of amides is 2. The van der Waals surface area contributed by atoms with Crippen LogP contribution in [0.1, 0.15) is 12.5 Å². The molecular formula is C21H26N4O2. The van der Waals surface area contributed by atoms with Crippen LogP contribution in [0.3, 0.4) is 0 Å². The summed E-state index contributed by atoms with van der Waals surface area (Å²) in [4.78, 5) is 30.7. The Hall–Kier alpha value is -2.86. The highest BCUT2D eigenvalue weighted by Gasteiger charge is 2.31. The molecule has 142 valence electrons. The zero-order chi connectivity index (χ0) is 19.6. The first-order chi connectivity index (χ1) is 12.9. The first kappa shape index (κ1) is 18.9. The van der Waals surface area contributed by atoms with E-state index >= 15 is 0 Å². The van der Waals surface area contributed by atoms with Crippen LogP contribution in [0.25, 0.3) is 0 Å². The fourth-order valence-corrected chi connectivity index (χ4v) is 3.17. The van der Waals surface area contributed by atoms with Gasteiger partial charge >= 0.3 is 0 Å². The summed E-state index contributed by atoms with van der Waals surface area (Å²) < 4.78 is 0. The molecule has 2 aromatic carbocycles. The predicted octanol–water partition coefficient (Wildman–Crippen LogP) is 2.56. The average molecular weight is 366 g/mol. The van der Waals surface area contributed by atoms with Gasteiger partial charge in [-0.1, -0.05) is 24.3 Å². The van der Waals surface area contributed by atoms with E-state index in [2.05, 4.69) is 34.5 Å². The van der Waals surface area contributed by atoms with Crippen molar-refractivity contribution < 1.29 is 9.59 Å². The first-order valence-electron chi connectivity index (χ1n) is 9.03. The topological polar surface area (TPSA) is 55.9 Å². The number of rotatable bonds is 5.